The molecule has 0 amide bonds. The van der Waals surface area contributed by atoms with Gasteiger partial charge in [-0.25, -0.2) is 0 Å². The fourth-order valence-corrected chi connectivity index (χ4v) is 2.85. The number of thioether (sulfide) groups is 1. The lowest BCUT2D eigenvalue weighted by Gasteiger charge is -2.23. The van der Waals surface area contributed by atoms with Gasteiger partial charge in [0.25, 0.3) is 0 Å². The Kier molecular flexibility index (Phi) is 6.73. The maximum atomic E-state index is 5.28. The van der Waals surface area contributed by atoms with E-state index in [-0.39, 0.29) is 0 Å². The van der Waals surface area contributed by atoms with E-state index in [9.17, 15) is 0 Å². The Balaban J connectivity index is 2.61. The number of rotatable bonds is 7. The van der Waals surface area contributed by atoms with Gasteiger partial charge in [-0.05, 0) is 30.7 Å². The minimum Gasteiger partial charge on any atom is -0.497 e. The van der Waals surface area contributed by atoms with Crippen LogP contribution in [-0.4, -0.2) is 30.2 Å². The maximum absolute atomic E-state index is 5.28. The molecule has 108 valence electrons. The minimum absolute atomic E-state index is 0.321. The summed E-state index contributed by atoms with van der Waals surface area (Å²) >= 11 is 2.02. The Bertz CT molecular complexity index is 373. The Labute approximate surface area is 122 Å². The first-order valence-corrected chi connectivity index (χ1v) is 7.93. The molecule has 1 N–H and O–H groups in total. The largest absolute Gasteiger partial charge is 0.497 e. The predicted octanol–water partition coefficient (Wildman–Crippen LogP) is 3.75. The van der Waals surface area contributed by atoms with Crippen LogP contribution >= 0.6 is 11.8 Å². The Morgan fingerprint density at radius 2 is 2.05 bits per heavy atom. The molecular formula is C16H27NOS. The van der Waals surface area contributed by atoms with E-state index in [1.807, 2.05) is 17.8 Å². The first-order valence-electron chi connectivity index (χ1n) is 6.95. The molecule has 1 aromatic rings. The van der Waals surface area contributed by atoms with Crippen LogP contribution in [-0.2, 0) is 6.42 Å². The number of likely N-dealkylation sites (N-methyl/N-ethyl adjacent to an activating group) is 1. The molecule has 0 aliphatic carbocycles. The van der Waals surface area contributed by atoms with E-state index in [1.165, 1.54) is 5.56 Å². The van der Waals surface area contributed by atoms with Gasteiger partial charge in [-0.2, -0.15) is 11.8 Å². The number of methoxy groups -OCH3 is 1. The average molecular weight is 281 g/mol. The zero-order valence-corrected chi connectivity index (χ0v) is 13.6. The smallest absolute Gasteiger partial charge is 0.119 e. The first-order chi connectivity index (χ1) is 8.94. The van der Waals surface area contributed by atoms with Crippen LogP contribution in [0.4, 0.5) is 0 Å². The number of nitrogens with one attached hydrogen (secondary N) is 1. The molecule has 0 aromatic heterocycles. The number of hydrogen-bond acceptors (Lipinski definition) is 3. The maximum Gasteiger partial charge on any atom is 0.119 e. The van der Waals surface area contributed by atoms with Gasteiger partial charge < -0.3 is 10.1 Å². The van der Waals surface area contributed by atoms with Crippen molar-refractivity contribution in [3.63, 3.8) is 0 Å². The molecule has 0 radical (unpaired) electrons. The second-order valence-electron chi connectivity index (χ2n) is 5.73. The first kappa shape index (κ1) is 16.4. The summed E-state index contributed by atoms with van der Waals surface area (Å²) in [5.74, 6) is 2.07. The topological polar surface area (TPSA) is 21.3 Å². The van der Waals surface area contributed by atoms with Crippen LogP contribution in [0.2, 0.25) is 0 Å². The van der Waals surface area contributed by atoms with Crippen molar-refractivity contribution in [1.82, 2.24) is 5.32 Å². The summed E-state index contributed by atoms with van der Waals surface area (Å²) in [6, 6.07) is 8.88. The van der Waals surface area contributed by atoms with E-state index in [2.05, 4.69) is 51.2 Å². The normalized spacial score (nSPS) is 13.3. The van der Waals surface area contributed by atoms with Gasteiger partial charge >= 0.3 is 0 Å². The molecule has 1 unspecified atom stereocenters. The molecule has 0 bridgehead atoms. The van der Waals surface area contributed by atoms with Gasteiger partial charge in [0, 0.05) is 16.5 Å². The summed E-state index contributed by atoms with van der Waals surface area (Å²) in [4.78, 5) is 0. The highest BCUT2D eigenvalue weighted by Crippen LogP contribution is 2.25. The molecule has 0 fully saturated rings. The number of benzene rings is 1. The van der Waals surface area contributed by atoms with Crippen molar-refractivity contribution in [3.05, 3.63) is 29.8 Å². The van der Waals surface area contributed by atoms with Gasteiger partial charge in [0.2, 0.25) is 0 Å². The van der Waals surface area contributed by atoms with E-state index < -0.39 is 0 Å². The highest BCUT2D eigenvalue weighted by Gasteiger charge is 2.15. The molecule has 0 heterocycles. The van der Waals surface area contributed by atoms with Gasteiger partial charge in [-0.15, -0.1) is 0 Å². The molecule has 19 heavy (non-hydrogen) atoms. The van der Waals surface area contributed by atoms with Gasteiger partial charge in [-0.3, -0.25) is 0 Å². The molecule has 0 saturated carbocycles. The summed E-state index contributed by atoms with van der Waals surface area (Å²) in [5, 5.41) is 3.58. The third-order valence-electron chi connectivity index (χ3n) is 2.83. The third-order valence-corrected chi connectivity index (χ3v) is 4.26. The van der Waals surface area contributed by atoms with Crippen molar-refractivity contribution in [1.29, 1.82) is 0 Å². The molecule has 2 nitrogen and oxygen atoms in total. The molecule has 1 rings (SSSR count). The molecule has 0 aliphatic heterocycles. The molecule has 0 saturated heterocycles. The summed E-state index contributed by atoms with van der Waals surface area (Å²) in [6.45, 7) is 9.99. The lowest BCUT2D eigenvalue weighted by atomic mass is 10.1. The average Bonchev–Trinajstić information content (AvgIpc) is 2.35. The van der Waals surface area contributed by atoms with Crippen molar-refractivity contribution in [3.8, 4) is 5.75 Å². The molecule has 0 spiro atoms. The highest BCUT2D eigenvalue weighted by molar-refractivity contribution is 8.00. The third kappa shape index (κ3) is 6.88. The predicted molar refractivity (Wildman–Crippen MR) is 86.4 cm³/mol. The van der Waals surface area contributed by atoms with Gasteiger partial charge in [0.05, 0.1) is 7.11 Å². The van der Waals surface area contributed by atoms with E-state index in [1.54, 1.807) is 7.11 Å². The molecule has 3 heteroatoms. The fraction of sp³-hybridized carbons (Fsp3) is 0.625. The Morgan fingerprint density at radius 1 is 1.32 bits per heavy atom. The zero-order chi connectivity index (χ0) is 14.3. The standard InChI is InChI=1S/C16H27NOS/c1-6-17-14(12-19-16(2,3)4)10-13-8-7-9-15(11-13)18-5/h7-9,11,14,17H,6,10,12H2,1-5H3. The Hall–Kier alpha value is -0.670. The number of ether oxygens (including phenoxy) is 1. The fourth-order valence-electron chi connectivity index (χ4n) is 1.91. The summed E-state index contributed by atoms with van der Waals surface area (Å²) < 4.78 is 5.61. The second-order valence-corrected chi connectivity index (χ2v) is 7.58. The lowest BCUT2D eigenvalue weighted by Crippen LogP contribution is -2.34. The van der Waals surface area contributed by atoms with Gasteiger partial charge in [0.15, 0.2) is 0 Å². The second kappa shape index (κ2) is 7.81. The zero-order valence-electron chi connectivity index (χ0n) is 12.8. The quantitative estimate of drug-likeness (QED) is 0.822. The van der Waals surface area contributed by atoms with Crippen LogP contribution in [0, 0.1) is 0 Å². The van der Waals surface area contributed by atoms with Crippen molar-refractivity contribution >= 4 is 11.8 Å². The number of hydrogen-bond donors (Lipinski definition) is 1. The van der Waals surface area contributed by atoms with Crippen molar-refractivity contribution in [2.45, 2.75) is 44.9 Å². The monoisotopic (exact) mass is 281 g/mol. The molecule has 1 atom stereocenters. The minimum atomic E-state index is 0.321. The van der Waals surface area contributed by atoms with Gasteiger partial charge in [-0.1, -0.05) is 39.8 Å². The van der Waals surface area contributed by atoms with E-state index >= 15 is 0 Å². The van der Waals surface area contributed by atoms with Crippen LogP contribution in [0.3, 0.4) is 0 Å². The molecular weight excluding hydrogens is 254 g/mol. The van der Waals surface area contributed by atoms with Crippen molar-refractivity contribution in [2.24, 2.45) is 0 Å². The SMILES string of the molecule is CCNC(CSC(C)(C)C)Cc1cccc(OC)c1. The van der Waals surface area contributed by atoms with Gasteiger partial charge in [0.1, 0.15) is 5.75 Å². The van der Waals surface area contributed by atoms with E-state index in [4.69, 9.17) is 4.74 Å². The van der Waals surface area contributed by atoms with Crippen molar-refractivity contribution < 1.29 is 4.74 Å². The van der Waals surface area contributed by atoms with Crippen LogP contribution in [0.5, 0.6) is 5.75 Å². The lowest BCUT2D eigenvalue weighted by molar-refractivity contribution is 0.414. The molecule has 1 aromatic carbocycles. The van der Waals surface area contributed by atoms with Crippen molar-refractivity contribution in [2.75, 3.05) is 19.4 Å². The Morgan fingerprint density at radius 3 is 2.63 bits per heavy atom. The highest BCUT2D eigenvalue weighted by atomic mass is 32.2. The summed E-state index contributed by atoms with van der Waals surface area (Å²) in [7, 11) is 1.72. The van der Waals surface area contributed by atoms with Crippen LogP contribution in [0.25, 0.3) is 0 Å². The van der Waals surface area contributed by atoms with E-state index in [0.717, 1.165) is 24.5 Å². The van der Waals surface area contributed by atoms with Crippen LogP contribution in [0.15, 0.2) is 24.3 Å². The van der Waals surface area contributed by atoms with Crippen LogP contribution in [0.1, 0.15) is 33.3 Å². The molecule has 0 aliphatic rings. The van der Waals surface area contributed by atoms with Crippen LogP contribution < -0.4 is 10.1 Å². The summed E-state index contributed by atoms with van der Waals surface area (Å²) in [6.07, 6.45) is 1.05. The summed E-state index contributed by atoms with van der Waals surface area (Å²) in [5.41, 5.74) is 1.33. The van der Waals surface area contributed by atoms with E-state index in [0.29, 0.717) is 10.8 Å².